The molecule has 1 heterocycles. The molecule has 3 aromatic carbocycles. The molecule has 10 heteroatoms. The summed E-state index contributed by atoms with van der Waals surface area (Å²) in [5, 5.41) is 5.45. The monoisotopic (exact) mass is 493 g/mol. The van der Waals surface area contributed by atoms with E-state index in [9.17, 15) is 18.4 Å². The number of nitrogens with zero attached hydrogens (tertiary/aromatic N) is 2. The van der Waals surface area contributed by atoms with E-state index in [1.807, 2.05) is 4.57 Å². The molecule has 1 aromatic heterocycles. The number of aromatic nitrogens is 2. The van der Waals surface area contributed by atoms with Gasteiger partial charge in [0, 0.05) is 55.3 Å². The van der Waals surface area contributed by atoms with E-state index >= 15 is 0 Å². The molecule has 0 radical (unpaired) electrons. The van der Waals surface area contributed by atoms with E-state index in [0.29, 0.717) is 47.9 Å². The van der Waals surface area contributed by atoms with Crippen LogP contribution in [-0.4, -0.2) is 35.1 Å². The summed E-state index contributed by atoms with van der Waals surface area (Å²) >= 11 is 0. The third-order valence-electron chi connectivity index (χ3n) is 5.57. The number of anilines is 2. The standard InChI is InChI=1S/C26H25F2N5O3/c1-36-11-3-10-33-23-9-7-17(24(34)30-15-18-6-8-19(27)14-21(18)28)13-22(23)31-26(33)32-25(35)16-4-2-5-20(29)12-16/h2,4-9,12-14H,3,10-11,15,29H2,1H3,(H,30,34)(H,31,32,35). The molecule has 4 N–H and O–H groups in total. The van der Waals surface area contributed by atoms with E-state index < -0.39 is 17.5 Å². The van der Waals surface area contributed by atoms with Crippen LogP contribution >= 0.6 is 0 Å². The normalized spacial score (nSPS) is 11.0. The van der Waals surface area contributed by atoms with Gasteiger partial charge in [0.25, 0.3) is 11.8 Å². The Balaban J connectivity index is 1.57. The van der Waals surface area contributed by atoms with Crippen LogP contribution in [0, 0.1) is 11.6 Å². The number of halogens is 2. The van der Waals surface area contributed by atoms with Crippen molar-refractivity contribution in [2.45, 2.75) is 19.5 Å². The average Bonchev–Trinajstić information content (AvgIpc) is 3.19. The zero-order valence-electron chi connectivity index (χ0n) is 19.6. The van der Waals surface area contributed by atoms with E-state index in [2.05, 4.69) is 15.6 Å². The van der Waals surface area contributed by atoms with Gasteiger partial charge < -0.3 is 20.4 Å². The van der Waals surface area contributed by atoms with Gasteiger partial charge in [-0.3, -0.25) is 14.9 Å². The molecular formula is C26H25F2N5O3. The molecular weight excluding hydrogens is 468 g/mol. The number of benzene rings is 3. The number of ether oxygens (including phenoxy) is 1. The third-order valence-corrected chi connectivity index (χ3v) is 5.57. The van der Waals surface area contributed by atoms with Crippen LogP contribution in [0.2, 0.25) is 0 Å². The highest BCUT2D eigenvalue weighted by Gasteiger charge is 2.17. The molecule has 0 unspecified atom stereocenters. The number of hydrogen-bond donors (Lipinski definition) is 3. The van der Waals surface area contributed by atoms with Gasteiger partial charge in [0.1, 0.15) is 11.6 Å². The number of imidazole rings is 1. The molecule has 0 fully saturated rings. The van der Waals surface area contributed by atoms with E-state index in [1.165, 1.54) is 6.07 Å². The number of methoxy groups -OCH3 is 1. The van der Waals surface area contributed by atoms with Crippen LogP contribution in [0.5, 0.6) is 0 Å². The number of carbonyl (C=O) groups is 2. The van der Waals surface area contributed by atoms with Crippen LogP contribution in [0.25, 0.3) is 11.0 Å². The lowest BCUT2D eigenvalue weighted by Gasteiger charge is -2.10. The summed E-state index contributed by atoms with van der Waals surface area (Å²) < 4.78 is 34.0. The molecule has 0 aliphatic heterocycles. The molecule has 2 amide bonds. The molecule has 0 saturated carbocycles. The van der Waals surface area contributed by atoms with E-state index in [-0.39, 0.29) is 18.0 Å². The maximum atomic E-state index is 13.9. The second kappa shape index (κ2) is 11.0. The Morgan fingerprint density at radius 3 is 2.58 bits per heavy atom. The number of fused-ring (bicyclic) bond motifs is 1. The lowest BCUT2D eigenvalue weighted by Crippen LogP contribution is -2.23. The first-order valence-corrected chi connectivity index (χ1v) is 11.2. The Labute approximate surface area is 206 Å². The van der Waals surface area contributed by atoms with E-state index in [0.717, 1.165) is 17.6 Å². The van der Waals surface area contributed by atoms with Gasteiger partial charge >= 0.3 is 0 Å². The molecule has 186 valence electrons. The van der Waals surface area contributed by atoms with Gasteiger partial charge in [0.05, 0.1) is 11.0 Å². The largest absolute Gasteiger partial charge is 0.399 e. The number of rotatable bonds is 9. The molecule has 0 bridgehead atoms. The fourth-order valence-corrected chi connectivity index (χ4v) is 3.76. The second-order valence-corrected chi connectivity index (χ2v) is 8.13. The minimum absolute atomic E-state index is 0.101. The van der Waals surface area contributed by atoms with Crippen LogP contribution in [0.4, 0.5) is 20.4 Å². The molecule has 0 saturated heterocycles. The zero-order chi connectivity index (χ0) is 25.7. The molecule has 0 spiro atoms. The van der Waals surface area contributed by atoms with Crippen molar-refractivity contribution in [3.63, 3.8) is 0 Å². The molecule has 4 aromatic rings. The fraction of sp³-hybridized carbons (Fsp3) is 0.192. The average molecular weight is 494 g/mol. The summed E-state index contributed by atoms with van der Waals surface area (Å²) in [7, 11) is 1.61. The summed E-state index contributed by atoms with van der Waals surface area (Å²) in [6.45, 7) is 0.935. The highest BCUT2D eigenvalue weighted by atomic mass is 19.1. The van der Waals surface area contributed by atoms with Gasteiger partial charge in [0.2, 0.25) is 5.95 Å². The fourth-order valence-electron chi connectivity index (χ4n) is 3.76. The van der Waals surface area contributed by atoms with Crippen molar-refractivity contribution < 1.29 is 23.1 Å². The second-order valence-electron chi connectivity index (χ2n) is 8.13. The summed E-state index contributed by atoms with van der Waals surface area (Å²) in [6.07, 6.45) is 0.675. The highest BCUT2D eigenvalue weighted by Crippen LogP contribution is 2.23. The molecule has 0 atom stereocenters. The highest BCUT2D eigenvalue weighted by molar-refractivity contribution is 6.05. The number of aryl methyl sites for hydroxylation is 1. The summed E-state index contributed by atoms with van der Waals surface area (Å²) in [5.74, 6) is -1.92. The maximum absolute atomic E-state index is 13.9. The smallest absolute Gasteiger partial charge is 0.258 e. The van der Waals surface area contributed by atoms with Crippen LogP contribution in [0.3, 0.4) is 0 Å². The van der Waals surface area contributed by atoms with Gasteiger partial charge in [-0.2, -0.15) is 0 Å². The summed E-state index contributed by atoms with van der Waals surface area (Å²) in [6, 6.07) is 14.7. The Morgan fingerprint density at radius 2 is 1.83 bits per heavy atom. The number of nitrogens with one attached hydrogen (secondary N) is 2. The first kappa shape index (κ1) is 24.8. The quantitative estimate of drug-likeness (QED) is 0.240. The SMILES string of the molecule is COCCCn1c(NC(=O)c2cccc(N)c2)nc2cc(C(=O)NCc3ccc(F)cc3F)ccc21. The van der Waals surface area contributed by atoms with Crippen LogP contribution < -0.4 is 16.4 Å². The summed E-state index contributed by atoms with van der Waals surface area (Å²) in [5.41, 5.74) is 8.33. The number of hydrogen-bond acceptors (Lipinski definition) is 5. The number of nitrogens with two attached hydrogens (primary N) is 1. The number of carbonyl (C=O) groups excluding carboxylic acids is 2. The lowest BCUT2D eigenvalue weighted by atomic mass is 10.1. The van der Waals surface area contributed by atoms with Gasteiger partial charge in [-0.15, -0.1) is 0 Å². The topological polar surface area (TPSA) is 111 Å². The van der Waals surface area contributed by atoms with Gasteiger partial charge in [-0.25, -0.2) is 13.8 Å². The molecule has 4 rings (SSSR count). The first-order chi connectivity index (χ1) is 17.4. The Bertz CT molecular complexity index is 1420. The van der Waals surface area contributed by atoms with Crippen molar-refractivity contribution in [2.24, 2.45) is 0 Å². The minimum Gasteiger partial charge on any atom is -0.399 e. The molecule has 0 aliphatic rings. The molecule has 36 heavy (non-hydrogen) atoms. The first-order valence-electron chi connectivity index (χ1n) is 11.2. The van der Waals surface area contributed by atoms with Crippen LogP contribution in [-0.2, 0) is 17.8 Å². The van der Waals surface area contributed by atoms with Crippen molar-refractivity contribution in [1.29, 1.82) is 0 Å². The van der Waals surface area contributed by atoms with Gasteiger partial charge in [-0.1, -0.05) is 12.1 Å². The van der Waals surface area contributed by atoms with Gasteiger partial charge in [0.15, 0.2) is 0 Å². The number of nitrogen functional groups attached to an aromatic ring is 1. The van der Waals surface area contributed by atoms with E-state index in [1.54, 1.807) is 49.6 Å². The predicted octanol–water partition coefficient (Wildman–Crippen LogP) is 4.12. The van der Waals surface area contributed by atoms with E-state index in [4.69, 9.17) is 10.5 Å². The van der Waals surface area contributed by atoms with Crippen LogP contribution in [0.15, 0.2) is 60.7 Å². The van der Waals surface area contributed by atoms with Crippen LogP contribution in [0.1, 0.15) is 32.7 Å². The third kappa shape index (κ3) is 5.66. The van der Waals surface area contributed by atoms with Crippen molar-refractivity contribution in [3.8, 4) is 0 Å². The predicted molar refractivity (Wildman–Crippen MR) is 133 cm³/mol. The van der Waals surface area contributed by atoms with Crippen molar-refractivity contribution in [3.05, 3.63) is 89.0 Å². The van der Waals surface area contributed by atoms with Crippen molar-refractivity contribution in [1.82, 2.24) is 14.9 Å². The summed E-state index contributed by atoms with van der Waals surface area (Å²) in [4.78, 5) is 30.0. The maximum Gasteiger partial charge on any atom is 0.258 e. The molecule has 8 nitrogen and oxygen atoms in total. The molecule has 0 aliphatic carbocycles. The number of amides is 2. The lowest BCUT2D eigenvalue weighted by molar-refractivity contribution is 0.0949. The zero-order valence-corrected chi connectivity index (χ0v) is 19.6. The Hall–Kier alpha value is -4.31. The van der Waals surface area contributed by atoms with Crippen molar-refractivity contribution in [2.75, 3.05) is 24.8 Å². The minimum atomic E-state index is -0.735. The van der Waals surface area contributed by atoms with Crippen molar-refractivity contribution >= 4 is 34.5 Å². The Morgan fingerprint density at radius 1 is 1.03 bits per heavy atom. The Kier molecular flexibility index (Phi) is 7.55. The van der Waals surface area contributed by atoms with Gasteiger partial charge in [-0.05, 0) is 48.9 Å².